The van der Waals surface area contributed by atoms with E-state index in [4.69, 9.17) is 0 Å². The first kappa shape index (κ1) is 15.1. The topological polar surface area (TPSA) is 0 Å². The van der Waals surface area contributed by atoms with Gasteiger partial charge in [-0.15, -0.1) is 0 Å². The van der Waals surface area contributed by atoms with Crippen molar-refractivity contribution in [3.8, 4) is 0 Å². The Morgan fingerprint density at radius 1 is 1.22 bits per heavy atom. The van der Waals surface area contributed by atoms with Crippen LogP contribution >= 0.6 is 47.8 Å². The van der Waals surface area contributed by atoms with Crippen LogP contribution < -0.4 is 0 Å². The van der Waals surface area contributed by atoms with E-state index in [-0.39, 0.29) is 0 Å². The van der Waals surface area contributed by atoms with E-state index < -0.39 is 0 Å². The van der Waals surface area contributed by atoms with Gasteiger partial charge in [-0.25, -0.2) is 0 Å². The molecule has 2 unspecified atom stereocenters. The molecule has 1 saturated carbocycles. The average Bonchev–Trinajstić information content (AvgIpc) is 2.62. The van der Waals surface area contributed by atoms with E-state index in [2.05, 4.69) is 80.7 Å². The maximum absolute atomic E-state index is 3.95. The van der Waals surface area contributed by atoms with Crippen LogP contribution in [-0.2, 0) is 0 Å². The van der Waals surface area contributed by atoms with Crippen molar-refractivity contribution in [3.63, 3.8) is 0 Å². The van der Waals surface area contributed by atoms with Crippen LogP contribution in [0.2, 0.25) is 0 Å². The highest BCUT2D eigenvalue weighted by molar-refractivity contribution is 9.11. The summed E-state index contributed by atoms with van der Waals surface area (Å²) in [7, 11) is 0. The van der Waals surface area contributed by atoms with E-state index >= 15 is 0 Å². The second-order valence-electron chi connectivity index (χ2n) is 6.01. The summed E-state index contributed by atoms with van der Waals surface area (Å²) in [4.78, 5) is 0.432. The molecule has 0 radical (unpaired) electrons. The van der Waals surface area contributed by atoms with E-state index in [1.54, 1.807) is 0 Å². The summed E-state index contributed by atoms with van der Waals surface area (Å²) in [6.45, 7) is 6.92. The Morgan fingerprint density at radius 2 is 1.89 bits per heavy atom. The number of aryl methyl sites for hydroxylation is 1. The molecule has 0 bridgehead atoms. The SMILES string of the molecule is Cc1cc(Br)c(C(Br)C2CCCC2(C)C)cc1Br. The molecule has 0 saturated heterocycles. The van der Waals surface area contributed by atoms with Crippen LogP contribution in [0.5, 0.6) is 0 Å². The van der Waals surface area contributed by atoms with Crippen LogP contribution in [0.1, 0.15) is 49.1 Å². The quantitative estimate of drug-likeness (QED) is 0.446. The van der Waals surface area contributed by atoms with Crippen molar-refractivity contribution in [2.24, 2.45) is 11.3 Å². The maximum Gasteiger partial charge on any atom is 0.0440 e. The molecule has 2 rings (SSSR count). The molecule has 0 heterocycles. The standard InChI is InChI=1S/C15H19Br3/c1-9-7-13(17)10(8-12(9)16)14(18)11-5-4-6-15(11,2)3/h7-8,11,14H,4-6H2,1-3H3. The van der Waals surface area contributed by atoms with Gasteiger partial charge in [-0.1, -0.05) is 68.1 Å². The Hall–Kier alpha value is 0.660. The predicted octanol–water partition coefficient (Wildman–Crippen LogP) is 6.78. The van der Waals surface area contributed by atoms with Gasteiger partial charge in [0.25, 0.3) is 0 Å². The Kier molecular flexibility index (Phi) is 4.66. The minimum atomic E-state index is 0.432. The van der Waals surface area contributed by atoms with Crippen LogP contribution in [0.3, 0.4) is 0 Å². The molecule has 18 heavy (non-hydrogen) atoms. The summed E-state index contributed by atoms with van der Waals surface area (Å²) in [5, 5.41) is 0. The second kappa shape index (κ2) is 5.57. The van der Waals surface area contributed by atoms with Crippen molar-refractivity contribution in [2.75, 3.05) is 0 Å². The van der Waals surface area contributed by atoms with Gasteiger partial charge in [0.15, 0.2) is 0 Å². The molecule has 2 atom stereocenters. The Morgan fingerprint density at radius 3 is 2.44 bits per heavy atom. The van der Waals surface area contributed by atoms with Crippen LogP contribution in [-0.4, -0.2) is 0 Å². The van der Waals surface area contributed by atoms with Gasteiger partial charge < -0.3 is 0 Å². The zero-order valence-electron chi connectivity index (χ0n) is 11.1. The summed E-state index contributed by atoms with van der Waals surface area (Å²) in [6, 6.07) is 4.46. The fourth-order valence-electron chi connectivity index (χ4n) is 2.99. The molecule has 0 spiro atoms. The third-order valence-corrected chi connectivity index (χ3v) is 6.94. The number of hydrogen-bond donors (Lipinski definition) is 0. The van der Waals surface area contributed by atoms with E-state index in [1.165, 1.54) is 39.3 Å². The maximum atomic E-state index is 3.95. The van der Waals surface area contributed by atoms with Crippen LogP contribution in [0.15, 0.2) is 21.1 Å². The molecule has 0 aromatic heterocycles. The van der Waals surface area contributed by atoms with Gasteiger partial charge in [0, 0.05) is 13.8 Å². The third-order valence-electron chi connectivity index (χ3n) is 4.27. The third kappa shape index (κ3) is 2.88. The van der Waals surface area contributed by atoms with Gasteiger partial charge in [-0.05, 0) is 54.4 Å². The molecule has 0 nitrogen and oxygen atoms in total. The average molecular weight is 439 g/mol. The van der Waals surface area contributed by atoms with Gasteiger partial charge in [0.05, 0.1) is 0 Å². The fraction of sp³-hybridized carbons (Fsp3) is 0.600. The first-order chi connectivity index (χ1) is 8.33. The van der Waals surface area contributed by atoms with Gasteiger partial charge in [0.2, 0.25) is 0 Å². The van der Waals surface area contributed by atoms with Crippen molar-refractivity contribution in [2.45, 2.75) is 44.9 Å². The first-order valence-corrected chi connectivity index (χ1v) is 8.93. The van der Waals surface area contributed by atoms with Gasteiger partial charge in [0.1, 0.15) is 0 Å². The smallest absolute Gasteiger partial charge is 0.0440 e. The molecule has 3 heteroatoms. The molecular weight excluding hydrogens is 420 g/mol. The van der Waals surface area contributed by atoms with Crippen molar-refractivity contribution < 1.29 is 0 Å². The Bertz CT molecular complexity index is 451. The highest BCUT2D eigenvalue weighted by Gasteiger charge is 2.39. The van der Waals surface area contributed by atoms with E-state index in [0.29, 0.717) is 16.2 Å². The lowest BCUT2D eigenvalue weighted by atomic mass is 9.78. The minimum absolute atomic E-state index is 0.432. The molecule has 100 valence electrons. The number of hydrogen-bond acceptors (Lipinski definition) is 0. The molecule has 1 aliphatic carbocycles. The number of alkyl halides is 1. The molecular formula is C15H19Br3. The number of halogens is 3. The zero-order valence-corrected chi connectivity index (χ0v) is 15.8. The summed E-state index contributed by atoms with van der Waals surface area (Å²) in [5.74, 6) is 0.711. The fourth-order valence-corrected chi connectivity index (χ4v) is 5.72. The second-order valence-corrected chi connectivity index (χ2v) is 8.71. The number of rotatable bonds is 2. The summed E-state index contributed by atoms with van der Waals surface area (Å²) in [5.41, 5.74) is 3.08. The molecule has 1 aromatic rings. The Labute approximate surface area is 135 Å². The van der Waals surface area contributed by atoms with Crippen LogP contribution in [0.25, 0.3) is 0 Å². The molecule has 1 fully saturated rings. The van der Waals surface area contributed by atoms with Gasteiger partial charge in [-0.2, -0.15) is 0 Å². The molecule has 1 aromatic carbocycles. The molecule has 0 N–H and O–H groups in total. The molecule has 0 amide bonds. The Balaban J connectivity index is 2.34. The summed E-state index contributed by atoms with van der Waals surface area (Å²) in [6.07, 6.45) is 4.01. The largest absolute Gasteiger partial charge is 0.0835 e. The van der Waals surface area contributed by atoms with Crippen LogP contribution in [0.4, 0.5) is 0 Å². The lowest BCUT2D eigenvalue weighted by Gasteiger charge is -2.32. The highest BCUT2D eigenvalue weighted by Crippen LogP contribution is 2.53. The first-order valence-electron chi connectivity index (χ1n) is 6.42. The van der Waals surface area contributed by atoms with Gasteiger partial charge in [-0.3, -0.25) is 0 Å². The summed E-state index contributed by atoms with van der Waals surface area (Å²) >= 11 is 11.3. The van der Waals surface area contributed by atoms with Crippen molar-refractivity contribution in [1.82, 2.24) is 0 Å². The predicted molar refractivity (Wildman–Crippen MR) is 89.4 cm³/mol. The lowest BCUT2D eigenvalue weighted by molar-refractivity contribution is 0.256. The number of benzene rings is 1. The highest BCUT2D eigenvalue weighted by atomic mass is 79.9. The van der Waals surface area contributed by atoms with E-state index in [1.807, 2.05) is 0 Å². The minimum Gasteiger partial charge on any atom is -0.0835 e. The molecule has 1 aliphatic rings. The van der Waals surface area contributed by atoms with Gasteiger partial charge >= 0.3 is 0 Å². The van der Waals surface area contributed by atoms with E-state index in [0.717, 1.165) is 0 Å². The van der Waals surface area contributed by atoms with Crippen molar-refractivity contribution in [3.05, 3.63) is 32.2 Å². The summed E-state index contributed by atoms with van der Waals surface area (Å²) < 4.78 is 2.41. The van der Waals surface area contributed by atoms with Crippen LogP contribution in [0, 0.1) is 18.3 Å². The lowest BCUT2D eigenvalue weighted by Crippen LogP contribution is -2.21. The zero-order chi connectivity index (χ0) is 13.5. The van der Waals surface area contributed by atoms with E-state index in [9.17, 15) is 0 Å². The van der Waals surface area contributed by atoms with Crippen molar-refractivity contribution in [1.29, 1.82) is 0 Å². The molecule has 0 aliphatic heterocycles. The normalized spacial score (nSPS) is 24.2. The van der Waals surface area contributed by atoms with Crippen molar-refractivity contribution >= 4 is 47.8 Å². The monoisotopic (exact) mass is 436 g/mol.